The zero-order valence-electron chi connectivity index (χ0n) is 17.0. The van der Waals surface area contributed by atoms with Gasteiger partial charge in [0.25, 0.3) is 5.92 Å². The van der Waals surface area contributed by atoms with Crippen molar-refractivity contribution in [3.63, 3.8) is 0 Å². The van der Waals surface area contributed by atoms with Crippen molar-refractivity contribution in [2.45, 2.75) is 64.3 Å². The molecule has 0 bridgehead atoms. The molecule has 2 aliphatic carbocycles. The number of hydrogen-bond donors (Lipinski definition) is 1. The van der Waals surface area contributed by atoms with Crippen molar-refractivity contribution in [1.29, 1.82) is 0 Å². The van der Waals surface area contributed by atoms with Crippen molar-refractivity contribution >= 4 is 17.7 Å². The summed E-state index contributed by atoms with van der Waals surface area (Å²) < 4.78 is 29.2. The SMILES string of the molecule is C[C@@H]1CCCCN1c1nc(N2C[C@@H]3[C@@H](CC(=O)O)[C@]3(C)C2)c2c(n1)C(F)(F)CC2. The lowest BCUT2D eigenvalue weighted by molar-refractivity contribution is -0.137. The molecule has 2 aliphatic heterocycles. The molecule has 3 fully saturated rings. The number of fused-ring (bicyclic) bond motifs is 2. The third kappa shape index (κ3) is 2.89. The minimum absolute atomic E-state index is 0.0596. The lowest BCUT2D eigenvalue weighted by Crippen LogP contribution is -2.39. The summed E-state index contributed by atoms with van der Waals surface area (Å²) in [6.45, 7) is 6.40. The fourth-order valence-electron chi connectivity index (χ4n) is 5.95. The zero-order valence-corrected chi connectivity index (χ0v) is 17.0. The predicted molar refractivity (Wildman–Crippen MR) is 104 cm³/mol. The lowest BCUT2D eigenvalue weighted by atomic mass is 10.0. The molecule has 2 saturated heterocycles. The number of carboxylic acid groups (broad SMARTS) is 1. The molecule has 1 aromatic heterocycles. The summed E-state index contributed by atoms with van der Waals surface area (Å²) in [7, 11) is 0. The fraction of sp³-hybridized carbons (Fsp3) is 0.762. The molecule has 0 radical (unpaired) electrons. The molecule has 0 aromatic carbocycles. The second-order valence-electron chi connectivity index (χ2n) is 9.61. The van der Waals surface area contributed by atoms with E-state index in [9.17, 15) is 13.6 Å². The van der Waals surface area contributed by atoms with Crippen LogP contribution in [-0.2, 0) is 17.1 Å². The topological polar surface area (TPSA) is 69.6 Å². The Balaban J connectivity index is 1.48. The van der Waals surface area contributed by atoms with Crippen LogP contribution in [0.3, 0.4) is 0 Å². The average molecular weight is 406 g/mol. The number of nitrogens with zero attached hydrogens (tertiary/aromatic N) is 4. The molecule has 1 aromatic rings. The van der Waals surface area contributed by atoms with Crippen LogP contribution in [0.4, 0.5) is 20.5 Å². The standard InChI is InChI=1S/C21H28F2N4O2/c1-12-5-3-4-8-27(12)19-24-17-13(6-7-21(17,22)23)18(25-19)26-10-15-14(9-16(28)29)20(15,2)11-26/h12,14-15H,3-11H2,1-2H3,(H,28,29)/t12-,14-,15-,20+/m1/s1. The largest absolute Gasteiger partial charge is 0.481 e. The van der Waals surface area contributed by atoms with E-state index in [2.05, 4.69) is 28.6 Å². The monoisotopic (exact) mass is 406 g/mol. The first-order valence-electron chi connectivity index (χ1n) is 10.7. The summed E-state index contributed by atoms with van der Waals surface area (Å²) in [4.78, 5) is 24.5. The van der Waals surface area contributed by atoms with Crippen LogP contribution in [0.25, 0.3) is 0 Å². The maximum atomic E-state index is 14.6. The summed E-state index contributed by atoms with van der Waals surface area (Å²) in [6, 6.07) is 0.245. The molecule has 0 amide bonds. The highest BCUT2D eigenvalue weighted by atomic mass is 19.3. The van der Waals surface area contributed by atoms with Gasteiger partial charge in [0.05, 0.1) is 0 Å². The van der Waals surface area contributed by atoms with Crippen molar-refractivity contribution in [1.82, 2.24) is 9.97 Å². The third-order valence-electron chi connectivity index (χ3n) is 7.78. The molecular weight excluding hydrogens is 378 g/mol. The van der Waals surface area contributed by atoms with Gasteiger partial charge in [-0.1, -0.05) is 6.92 Å². The first-order chi connectivity index (χ1) is 13.7. The fourth-order valence-corrected chi connectivity index (χ4v) is 5.95. The van der Waals surface area contributed by atoms with Crippen LogP contribution in [0.1, 0.15) is 57.2 Å². The Labute approximate surface area is 169 Å². The van der Waals surface area contributed by atoms with Gasteiger partial charge in [0.2, 0.25) is 5.95 Å². The number of aliphatic carboxylic acids is 1. The van der Waals surface area contributed by atoms with Crippen LogP contribution >= 0.6 is 0 Å². The van der Waals surface area contributed by atoms with Crippen molar-refractivity contribution in [2.75, 3.05) is 29.4 Å². The highest BCUT2D eigenvalue weighted by Crippen LogP contribution is 2.65. The summed E-state index contributed by atoms with van der Waals surface area (Å²) in [5.41, 5.74) is 0.432. The van der Waals surface area contributed by atoms with Crippen LogP contribution in [-0.4, -0.2) is 46.7 Å². The van der Waals surface area contributed by atoms with E-state index in [1.807, 2.05) is 0 Å². The van der Waals surface area contributed by atoms with Crippen LogP contribution in [0.15, 0.2) is 0 Å². The average Bonchev–Trinajstić information content (AvgIpc) is 2.94. The number of aromatic nitrogens is 2. The molecule has 4 atom stereocenters. The summed E-state index contributed by atoms with van der Waals surface area (Å²) in [5, 5.41) is 9.14. The molecule has 6 nitrogen and oxygen atoms in total. The number of hydrogen-bond acceptors (Lipinski definition) is 5. The van der Waals surface area contributed by atoms with E-state index in [0.717, 1.165) is 25.8 Å². The maximum Gasteiger partial charge on any atom is 0.303 e. The highest BCUT2D eigenvalue weighted by molar-refractivity contribution is 5.68. The van der Waals surface area contributed by atoms with E-state index in [0.29, 0.717) is 42.8 Å². The molecule has 1 saturated carbocycles. The minimum Gasteiger partial charge on any atom is -0.481 e. The summed E-state index contributed by atoms with van der Waals surface area (Å²) >= 11 is 0. The Morgan fingerprint density at radius 1 is 1.31 bits per heavy atom. The van der Waals surface area contributed by atoms with Crippen LogP contribution in [0.5, 0.6) is 0 Å². The van der Waals surface area contributed by atoms with Gasteiger partial charge >= 0.3 is 5.97 Å². The predicted octanol–water partition coefficient (Wildman–Crippen LogP) is 3.44. The summed E-state index contributed by atoms with van der Waals surface area (Å²) in [6.07, 6.45) is 3.46. The number of alkyl halides is 2. The second-order valence-corrected chi connectivity index (χ2v) is 9.61. The molecule has 0 unspecified atom stereocenters. The molecule has 1 N–H and O–H groups in total. The number of halogens is 2. The molecule has 29 heavy (non-hydrogen) atoms. The van der Waals surface area contributed by atoms with Crippen molar-refractivity contribution < 1.29 is 18.7 Å². The van der Waals surface area contributed by atoms with Crippen LogP contribution < -0.4 is 9.80 Å². The highest BCUT2D eigenvalue weighted by Gasteiger charge is 2.66. The normalized spacial score (nSPS) is 34.8. The van der Waals surface area contributed by atoms with Gasteiger partial charge in [-0.05, 0) is 49.9 Å². The Kier molecular flexibility index (Phi) is 4.10. The molecule has 5 rings (SSSR count). The molecule has 4 aliphatic rings. The molecule has 3 heterocycles. The third-order valence-corrected chi connectivity index (χ3v) is 7.78. The van der Waals surface area contributed by atoms with E-state index in [1.165, 1.54) is 0 Å². The van der Waals surface area contributed by atoms with E-state index in [4.69, 9.17) is 10.1 Å². The Hall–Kier alpha value is -1.99. The Morgan fingerprint density at radius 2 is 2.10 bits per heavy atom. The molecule has 8 heteroatoms. The zero-order chi connectivity index (χ0) is 20.6. The smallest absolute Gasteiger partial charge is 0.303 e. The van der Waals surface area contributed by atoms with E-state index < -0.39 is 11.9 Å². The van der Waals surface area contributed by atoms with E-state index in [1.54, 1.807) is 0 Å². The molecular formula is C21H28F2N4O2. The Bertz CT molecular complexity index is 863. The first-order valence-corrected chi connectivity index (χ1v) is 10.7. The second kappa shape index (κ2) is 6.25. The minimum atomic E-state index is -2.90. The number of anilines is 2. The van der Waals surface area contributed by atoms with Gasteiger partial charge < -0.3 is 14.9 Å². The van der Waals surface area contributed by atoms with Crippen molar-refractivity contribution in [3.05, 3.63) is 11.3 Å². The number of carboxylic acids is 1. The quantitative estimate of drug-likeness (QED) is 0.826. The van der Waals surface area contributed by atoms with Gasteiger partial charge in [0.1, 0.15) is 11.5 Å². The van der Waals surface area contributed by atoms with E-state index >= 15 is 0 Å². The van der Waals surface area contributed by atoms with E-state index in [-0.39, 0.29) is 35.9 Å². The number of piperidine rings is 2. The number of carbonyl (C=O) groups is 1. The Morgan fingerprint density at radius 3 is 2.76 bits per heavy atom. The summed E-state index contributed by atoms with van der Waals surface area (Å²) in [5.74, 6) is -2.11. The maximum absolute atomic E-state index is 14.6. The van der Waals surface area contributed by atoms with Gasteiger partial charge in [-0.15, -0.1) is 0 Å². The molecule has 0 spiro atoms. The molecule has 158 valence electrons. The lowest BCUT2D eigenvalue weighted by Gasteiger charge is -2.35. The van der Waals surface area contributed by atoms with Crippen LogP contribution in [0.2, 0.25) is 0 Å². The van der Waals surface area contributed by atoms with Crippen molar-refractivity contribution in [2.24, 2.45) is 17.3 Å². The van der Waals surface area contributed by atoms with Crippen molar-refractivity contribution in [3.8, 4) is 0 Å². The van der Waals surface area contributed by atoms with Gasteiger partial charge in [-0.3, -0.25) is 4.79 Å². The first kappa shape index (κ1) is 19.0. The van der Waals surface area contributed by atoms with Gasteiger partial charge in [-0.2, -0.15) is 13.8 Å². The number of rotatable bonds is 4. The van der Waals surface area contributed by atoms with Gasteiger partial charge in [0, 0.05) is 44.1 Å². The van der Waals surface area contributed by atoms with Gasteiger partial charge in [0.15, 0.2) is 0 Å². The van der Waals surface area contributed by atoms with Gasteiger partial charge in [-0.25, -0.2) is 4.98 Å². The van der Waals surface area contributed by atoms with Crippen LogP contribution in [0, 0.1) is 17.3 Å².